The van der Waals surface area contributed by atoms with Crippen LogP contribution in [0, 0.1) is 0 Å². The summed E-state index contributed by atoms with van der Waals surface area (Å²) in [5.74, 6) is -0.365. The molecule has 0 saturated carbocycles. The van der Waals surface area contributed by atoms with Crippen LogP contribution in [0.1, 0.15) is 41.6 Å². The molecule has 1 unspecified atom stereocenters. The third-order valence-corrected chi connectivity index (χ3v) is 7.29. The van der Waals surface area contributed by atoms with Crippen LogP contribution in [0.2, 0.25) is 0 Å². The Morgan fingerprint density at radius 2 is 2.10 bits per heavy atom. The lowest BCUT2D eigenvalue weighted by Gasteiger charge is -2.22. The van der Waals surface area contributed by atoms with Gasteiger partial charge in [-0.25, -0.2) is 17.2 Å². The molecule has 1 aromatic carbocycles. The topological polar surface area (TPSA) is 83.8 Å². The van der Waals surface area contributed by atoms with Gasteiger partial charge in [-0.05, 0) is 50.5 Å². The first-order valence-electron chi connectivity index (χ1n) is 10.1. The summed E-state index contributed by atoms with van der Waals surface area (Å²) in [6, 6.07) is 7.30. The fraction of sp³-hybridized carbons (Fsp3) is 0.476. The summed E-state index contributed by atoms with van der Waals surface area (Å²) >= 11 is 1.34. The van der Waals surface area contributed by atoms with Crippen LogP contribution in [-0.2, 0) is 30.7 Å². The summed E-state index contributed by atoms with van der Waals surface area (Å²) < 4.78 is 43.9. The van der Waals surface area contributed by atoms with Gasteiger partial charge in [-0.2, -0.15) is 0 Å². The molecule has 30 heavy (non-hydrogen) atoms. The maximum atomic E-state index is 12.6. The highest BCUT2D eigenvalue weighted by Gasteiger charge is 2.21. The van der Waals surface area contributed by atoms with Crippen molar-refractivity contribution in [1.82, 2.24) is 3.97 Å². The monoisotopic (exact) mass is 451 g/mol. The van der Waals surface area contributed by atoms with Crippen LogP contribution in [0.5, 0.6) is 0 Å². The van der Waals surface area contributed by atoms with Crippen LogP contribution in [0.4, 0.5) is 0 Å². The Hall–Kier alpha value is -1.94. The molecule has 4 rings (SSSR count). The van der Waals surface area contributed by atoms with Crippen LogP contribution in [0.15, 0.2) is 24.3 Å². The van der Waals surface area contributed by atoms with Crippen molar-refractivity contribution in [1.29, 1.82) is 0 Å². The fourth-order valence-electron chi connectivity index (χ4n) is 3.84. The molecule has 3 heterocycles. The molecule has 1 aliphatic heterocycles. The molecule has 0 bridgehead atoms. The van der Waals surface area contributed by atoms with Crippen LogP contribution >= 0.6 is 11.3 Å². The molecule has 1 fully saturated rings. The second-order valence-electron chi connectivity index (χ2n) is 7.32. The number of carbonyl (C=O) groups is 1. The van der Waals surface area contributed by atoms with Gasteiger partial charge < -0.3 is 14.2 Å². The minimum Gasteiger partial charge on any atom is -0.462 e. The first kappa shape index (κ1) is 21.3. The SMILES string of the molecule is CCOC(=O)c1cc2c(ccc3c2cc(CCOC2CCCCO2)n3S(C)(=O)=O)s1. The lowest BCUT2D eigenvalue weighted by Crippen LogP contribution is -2.23. The number of benzene rings is 1. The Balaban J connectivity index is 1.69. The molecule has 2 aromatic heterocycles. The molecule has 0 spiro atoms. The third kappa shape index (κ3) is 4.25. The number of rotatable bonds is 7. The summed E-state index contributed by atoms with van der Waals surface area (Å²) in [5, 5.41) is 1.65. The van der Waals surface area contributed by atoms with E-state index in [-0.39, 0.29) is 12.3 Å². The number of fused-ring (bicyclic) bond motifs is 3. The van der Waals surface area contributed by atoms with E-state index in [1.165, 1.54) is 21.6 Å². The zero-order chi connectivity index (χ0) is 21.3. The standard InChI is InChI=1S/C21H25NO6S2/c1-3-26-21(23)19-13-16-15-12-14(9-11-28-20-6-4-5-10-27-20)22(30(2,24)25)17(15)7-8-18(16)29-19/h7-8,12-13,20H,3-6,9-11H2,1-2H3. The average molecular weight is 452 g/mol. The number of thiophene rings is 1. The van der Waals surface area contributed by atoms with E-state index in [9.17, 15) is 13.2 Å². The van der Waals surface area contributed by atoms with E-state index < -0.39 is 10.0 Å². The van der Waals surface area contributed by atoms with Gasteiger partial charge in [0.1, 0.15) is 4.88 Å². The van der Waals surface area contributed by atoms with Crippen molar-refractivity contribution < 1.29 is 27.4 Å². The van der Waals surface area contributed by atoms with Crippen molar-refractivity contribution in [2.24, 2.45) is 0 Å². The van der Waals surface area contributed by atoms with E-state index in [0.29, 0.717) is 42.3 Å². The van der Waals surface area contributed by atoms with Gasteiger partial charge >= 0.3 is 5.97 Å². The number of hydrogen-bond acceptors (Lipinski definition) is 7. The number of esters is 1. The van der Waals surface area contributed by atoms with Crippen molar-refractivity contribution in [3.05, 3.63) is 34.8 Å². The van der Waals surface area contributed by atoms with Crippen molar-refractivity contribution in [2.45, 2.75) is 38.9 Å². The van der Waals surface area contributed by atoms with Crippen molar-refractivity contribution in [2.75, 3.05) is 26.1 Å². The third-order valence-electron chi connectivity index (χ3n) is 5.12. The number of nitrogens with zero attached hydrogens (tertiary/aromatic N) is 1. The maximum absolute atomic E-state index is 12.6. The fourth-order valence-corrected chi connectivity index (χ4v) is 5.89. The number of aromatic nitrogens is 1. The van der Waals surface area contributed by atoms with Gasteiger partial charge in [0.2, 0.25) is 10.0 Å². The largest absolute Gasteiger partial charge is 0.462 e. The van der Waals surface area contributed by atoms with E-state index in [4.69, 9.17) is 14.2 Å². The van der Waals surface area contributed by atoms with E-state index >= 15 is 0 Å². The minimum atomic E-state index is -3.52. The highest BCUT2D eigenvalue weighted by molar-refractivity contribution is 7.89. The van der Waals surface area contributed by atoms with Crippen molar-refractivity contribution >= 4 is 48.3 Å². The van der Waals surface area contributed by atoms with Crippen LogP contribution in [0.3, 0.4) is 0 Å². The van der Waals surface area contributed by atoms with Gasteiger partial charge in [0.05, 0.1) is 25.0 Å². The molecule has 7 nitrogen and oxygen atoms in total. The predicted octanol–water partition coefficient (Wildman–Crippen LogP) is 3.93. The molecule has 1 aliphatic rings. The molecule has 1 atom stereocenters. The normalized spacial score (nSPS) is 17.6. The lowest BCUT2D eigenvalue weighted by atomic mass is 10.1. The summed E-state index contributed by atoms with van der Waals surface area (Å²) in [6.45, 7) is 3.15. The first-order valence-corrected chi connectivity index (χ1v) is 12.7. The second-order valence-corrected chi connectivity index (χ2v) is 10.2. The van der Waals surface area contributed by atoms with Crippen LogP contribution in [-0.4, -0.2) is 50.7 Å². The van der Waals surface area contributed by atoms with E-state index in [1.807, 2.05) is 12.1 Å². The van der Waals surface area contributed by atoms with Gasteiger partial charge in [-0.3, -0.25) is 0 Å². The summed E-state index contributed by atoms with van der Waals surface area (Å²) in [7, 11) is -3.52. The Labute approximate surface area is 179 Å². The number of hydrogen-bond donors (Lipinski definition) is 0. The molecule has 3 aromatic rings. The molecular formula is C21H25NO6S2. The Morgan fingerprint density at radius 3 is 2.80 bits per heavy atom. The van der Waals surface area contributed by atoms with Crippen molar-refractivity contribution in [3.63, 3.8) is 0 Å². The molecule has 0 N–H and O–H groups in total. The van der Waals surface area contributed by atoms with Gasteiger partial charge in [-0.1, -0.05) is 0 Å². The maximum Gasteiger partial charge on any atom is 0.348 e. The van der Waals surface area contributed by atoms with E-state index in [2.05, 4.69) is 0 Å². The molecule has 9 heteroatoms. The second kappa shape index (κ2) is 8.66. The van der Waals surface area contributed by atoms with Gasteiger partial charge in [0.15, 0.2) is 6.29 Å². The van der Waals surface area contributed by atoms with Gasteiger partial charge in [-0.15, -0.1) is 11.3 Å². The van der Waals surface area contributed by atoms with Crippen LogP contribution in [0.25, 0.3) is 21.0 Å². The quantitative estimate of drug-likeness (QED) is 0.506. The molecule has 0 amide bonds. The summed E-state index contributed by atoms with van der Waals surface area (Å²) in [6.07, 6.45) is 4.41. The molecule has 1 saturated heterocycles. The number of ether oxygens (including phenoxy) is 3. The van der Waals surface area contributed by atoms with E-state index in [0.717, 1.165) is 34.7 Å². The molecule has 0 aliphatic carbocycles. The predicted molar refractivity (Wildman–Crippen MR) is 117 cm³/mol. The molecule has 162 valence electrons. The molecule has 0 radical (unpaired) electrons. The zero-order valence-electron chi connectivity index (χ0n) is 17.0. The Morgan fingerprint density at radius 1 is 1.27 bits per heavy atom. The zero-order valence-corrected chi connectivity index (χ0v) is 18.7. The summed E-state index contributed by atoms with van der Waals surface area (Å²) in [5.41, 5.74) is 1.25. The first-order chi connectivity index (χ1) is 14.4. The Kier molecular flexibility index (Phi) is 6.15. The van der Waals surface area contributed by atoms with Crippen molar-refractivity contribution in [3.8, 4) is 0 Å². The molecular weight excluding hydrogens is 426 g/mol. The smallest absolute Gasteiger partial charge is 0.348 e. The Bertz CT molecular complexity index is 1170. The summed E-state index contributed by atoms with van der Waals surface area (Å²) in [4.78, 5) is 12.6. The minimum absolute atomic E-state index is 0.217. The van der Waals surface area contributed by atoms with E-state index in [1.54, 1.807) is 19.1 Å². The van der Waals surface area contributed by atoms with Gasteiger partial charge in [0, 0.05) is 34.2 Å². The van der Waals surface area contributed by atoms with Gasteiger partial charge in [0.25, 0.3) is 0 Å². The highest BCUT2D eigenvalue weighted by Crippen LogP contribution is 2.35. The number of carbonyl (C=O) groups excluding carboxylic acids is 1. The lowest BCUT2D eigenvalue weighted by molar-refractivity contribution is -0.161. The van der Waals surface area contributed by atoms with Crippen LogP contribution < -0.4 is 0 Å². The highest BCUT2D eigenvalue weighted by atomic mass is 32.2. The average Bonchev–Trinajstić information content (AvgIpc) is 3.30.